The van der Waals surface area contributed by atoms with Crippen molar-refractivity contribution in [2.45, 2.75) is 13.8 Å². The summed E-state index contributed by atoms with van der Waals surface area (Å²) in [5.41, 5.74) is 3.35. The van der Waals surface area contributed by atoms with Crippen molar-refractivity contribution in [3.63, 3.8) is 0 Å². The number of pyridine rings is 1. The first-order chi connectivity index (χ1) is 9.47. The largest absolute Gasteiger partial charge is 0.494 e. The minimum Gasteiger partial charge on any atom is -0.494 e. The fourth-order valence-corrected chi connectivity index (χ4v) is 2.71. The fraction of sp³-hybridized carbons (Fsp3) is 0.400. The highest BCUT2D eigenvalue weighted by atomic mass is 16.5. The maximum absolute atomic E-state index is 12.0. The van der Waals surface area contributed by atoms with Crippen LogP contribution in [0.5, 0.6) is 11.5 Å². The van der Waals surface area contributed by atoms with Gasteiger partial charge in [0.25, 0.3) is 5.56 Å². The number of fused-ring (bicyclic) bond motifs is 1. The van der Waals surface area contributed by atoms with E-state index in [0.717, 1.165) is 33.5 Å². The molecule has 2 rings (SSSR count). The molecule has 0 radical (unpaired) electrons. The lowest BCUT2D eigenvalue weighted by Crippen LogP contribution is -2.18. The number of methoxy groups -OCH3 is 2. The van der Waals surface area contributed by atoms with Crippen molar-refractivity contribution in [3.8, 4) is 11.5 Å². The van der Waals surface area contributed by atoms with Gasteiger partial charge in [-0.05, 0) is 19.4 Å². The van der Waals surface area contributed by atoms with Crippen molar-refractivity contribution in [2.75, 3.05) is 26.6 Å². The van der Waals surface area contributed by atoms with Crippen LogP contribution < -0.4 is 20.3 Å². The SMILES string of the molecule is CNc1c(C)c(OC)c2c(c(C)cc(=O)n2C)c1OC. The predicted octanol–water partition coefficient (Wildman–Crippen LogP) is 2.21. The average Bonchev–Trinajstić information content (AvgIpc) is 2.43. The van der Waals surface area contributed by atoms with Crippen LogP contribution in [0.15, 0.2) is 10.9 Å². The van der Waals surface area contributed by atoms with Gasteiger partial charge in [-0.3, -0.25) is 4.79 Å². The number of aromatic nitrogens is 1. The molecule has 0 bridgehead atoms. The van der Waals surface area contributed by atoms with Gasteiger partial charge in [0.2, 0.25) is 0 Å². The number of rotatable bonds is 3. The van der Waals surface area contributed by atoms with Crippen molar-refractivity contribution >= 4 is 16.6 Å². The maximum Gasteiger partial charge on any atom is 0.251 e. The van der Waals surface area contributed by atoms with E-state index in [4.69, 9.17) is 9.47 Å². The van der Waals surface area contributed by atoms with Gasteiger partial charge < -0.3 is 19.4 Å². The number of aryl methyl sites for hydroxylation is 2. The third-order valence-electron chi connectivity index (χ3n) is 3.68. The summed E-state index contributed by atoms with van der Waals surface area (Å²) in [5.74, 6) is 1.42. The monoisotopic (exact) mass is 276 g/mol. The molecular formula is C15H20N2O3. The smallest absolute Gasteiger partial charge is 0.251 e. The average molecular weight is 276 g/mol. The Morgan fingerprint density at radius 1 is 1.15 bits per heavy atom. The molecule has 0 amide bonds. The molecule has 0 fully saturated rings. The molecule has 108 valence electrons. The van der Waals surface area contributed by atoms with E-state index < -0.39 is 0 Å². The molecule has 1 aromatic carbocycles. The summed E-state index contributed by atoms with van der Waals surface area (Å²) in [4.78, 5) is 12.0. The van der Waals surface area contributed by atoms with E-state index in [9.17, 15) is 4.79 Å². The van der Waals surface area contributed by atoms with Gasteiger partial charge in [0, 0.05) is 31.1 Å². The van der Waals surface area contributed by atoms with Gasteiger partial charge in [-0.15, -0.1) is 0 Å². The molecule has 0 aliphatic rings. The lowest BCUT2D eigenvalue weighted by molar-refractivity contribution is 0.407. The summed E-state index contributed by atoms with van der Waals surface area (Å²) in [5, 5.41) is 4.04. The second kappa shape index (κ2) is 5.07. The zero-order valence-electron chi connectivity index (χ0n) is 12.7. The molecule has 0 aliphatic heterocycles. The van der Waals surface area contributed by atoms with Crippen molar-refractivity contribution in [1.82, 2.24) is 4.57 Å². The summed E-state index contributed by atoms with van der Waals surface area (Å²) in [6.07, 6.45) is 0. The van der Waals surface area contributed by atoms with Crippen molar-refractivity contribution in [1.29, 1.82) is 0 Å². The zero-order valence-corrected chi connectivity index (χ0v) is 12.7. The van der Waals surface area contributed by atoms with Crippen LogP contribution in [0.25, 0.3) is 10.9 Å². The molecule has 0 saturated heterocycles. The molecule has 0 saturated carbocycles. The van der Waals surface area contributed by atoms with E-state index in [0.29, 0.717) is 5.75 Å². The van der Waals surface area contributed by atoms with E-state index in [1.165, 1.54) is 0 Å². The summed E-state index contributed by atoms with van der Waals surface area (Å²) in [6.45, 7) is 3.85. The number of hydrogen-bond donors (Lipinski definition) is 1. The number of ether oxygens (including phenoxy) is 2. The van der Waals surface area contributed by atoms with Crippen molar-refractivity contribution < 1.29 is 9.47 Å². The molecule has 0 unspecified atom stereocenters. The van der Waals surface area contributed by atoms with E-state index in [1.807, 2.05) is 20.9 Å². The van der Waals surface area contributed by atoms with Crippen LogP contribution in [-0.2, 0) is 7.05 Å². The van der Waals surface area contributed by atoms with Gasteiger partial charge in [-0.2, -0.15) is 0 Å². The Kier molecular flexibility index (Phi) is 3.61. The minimum atomic E-state index is -0.0630. The van der Waals surface area contributed by atoms with Crippen LogP contribution in [0.1, 0.15) is 11.1 Å². The highest BCUT2D eigenvalue weighted by Gasteiger charge is 2.21. The Hall–Kier alpha value is -2.17. The molecule has 1 aromatic heterocycles. The molecule has 5 nitrogen and oxygen atoms in total. The van der Waals surface area contributed by atoms with Crippen LogP contribution in [0.4, 0.5) is 5.69 Å². The Labute approximate surface area is 118 Å². The molecule has 2 aromatic rings. The first-order valence-electron chi connectivity index (χ1n) is 6.40. The van der Waals surface area contributed by atoms with E-state index in [2.05, 4.69) is 5.32 Å². The van der Waals surface area contributed by atoms with Gasteiger partial charge in [-0.1, -0.05) is 0 Å². The fourth-order valence-electron chi connectivity index (χ4n) is 2.71. The zero-order chi connectivity index (χ0) is 15.0. The lowest BCUT2D eigenvalue weighted by atomic mass is 10.0. The van der Waals surface area contributed by atoms with Gasteiger partial charge in [0.1, 0.15) is 5.75 Å². The van der Waals surface area contributed by atoms with Crippen molar-refractivity contribution in [3.05, 3.63) is 27.5 Å². The molecule has 0 aliphatic carbocycles. The molecule has 0 atom stereocenters. The van der Waals surface area contributed by atoms with Gasteiger partial charge in [0.05, 0.1) is 25.4 Å². The maximum atomic E-state index is 12.0. The predicted molar refractivity (Wildman–Crippen MR) is 81.3 cm³/mol. The topological polar surface area (TPSA) is 52.5 Å². The normalized spacial score (nSPS) is 10.7. The second-order valence-electron chi connectivity index (χ2n) is 4.76. The molecule has 0 spiro atoms. The van der Waals surface area contributed by atoms with Gasteiger partial charge >= 0.3 is 0 Å². The molecule has 20 heavy (non-hydrogen) atoms. The second-order valence-corrected chi connectivity index (χ2v) is 4.76. The summed E-state index contributed by atoms with van der Waals surface area (Å²) in [7, 11) is 6.82. The van der Waals surface area contributed by atoms with Crippen LogP contribution in [0.3, 0.4) is 0 Å². The highest BCUT2D eigenvalue weighted by Crippen LogP contribution is 2.44. The summed E-state index contributed by atoms with van der Waals surface area (Å²) in [6, 6.07) is 1.61. The van der Waals surface area contributed by atoms with Crippen molar-refractivity contribution in [2.24, 2.45) is 7.05 Å². The third kappa shape index (κ3) is 1.81. The summed E-state index contributed by atoms with van der Waals surface area (Å²) < 4.78 is 12.7. The lowest BCUT2D eigenvalue weighted by Gasteiger charge is -2.21. The summed E-state index contributed by atoms with van der Waals surface area (Å²) >= 11 is 0. The standard InChI is InChI=1S/C15H20N2O3/c1-8-7-10(18)17(4)13-11(8)15(20-6)12(16-3)9(2)14(13)19-5/h7,16H,1-6H3. The van der Waals surface area contributed by atoms with E-state index >= 15 is 0 Å². The molecule has 1 heterocycles. The Balaban J connectivity index is 3.18. The number of anilines is 1. The number of benzene rings is 1. The van der Waals surface area contributed by atoms with Crippen LogP contribution >= 0.6 is 0 Å². The highest BCUT2D eigenvalue weighted by molar-refractivity contribution is 5.99. The number of hydrogen-bond acceptors (Lipinski definition) is 4. The Bertz CT molecular complexity index is 732. The quantitative estimate of drug-likeness (QED) is 0.934. The van der Waals surface area contributed by atoms with Crippen LogP contribution in [0, 0.1) is 13.8 Å². The molecule has 1 N–H and O–H groups in total. The Morgan fingerprint density at radius 2 is 1.75 bits per heavy atom. The molecule has 5 heteroatoms. The number of nitrogens with one attached hydrogen (secondary N) is 1. The molecular weight excluding hydrogens is 256 g/mol. The first-order valence-corrected chi connectivity index (χ1v) is 6.40. The third-order valence-corrected chi connectivity index (χ3v) is 3.68. The van der Waals surface area contributed by atoms with E-state index in [1.54, 1.807) is 31.9 Å². The number of nitrogens with zero attached hydrogens (tertiary/aromatic N) is 1. The van der Waals surface area contributed by atoms with Crippen LogP contribution in [-0.4, -0.2) is 25.8 Å². The van der Waals surface area contributed by atoms with Gasteiger partial charge in [-0.25, -0.2) is 0 Å². The minimum absolute atomic E-state index is 0.0630. The Morgan fingerprint density at radius 3 is 2.25 bits per heavy atom. The first kappa shape index (κ1) is 14.2. The van der Waals surface area contributed by atoms with Gasteiger partial charge in [0.15, 0.2) is 5.75 Å². The van der Waals surface area contributed by atoms with Crippen LogP contribution in [0.2, 0.25) is 0 Å². The van der Waals surface area contributed by atoms with E-state index in [-0.39, 0.29) is 5.56 Å².